The van der Waals surface area contributed by atoms with Crippen LogP contribution in [0.5, 0.6) is 0 Å². The Kier molecular flexibility index (Phi) is 5.00. The molecule has 1 rings (SSSR count). The van der Waals surface area contributed by atoms with Crippen LogP contribution in [0.4, 0.5) is 0 Å². The van der Waals surface area contributed by atoms with Gasteiger partial charge in [0.15, 0.2) is 0 Å². The fourth-order valence-corrected chi connectivity index (χ4v) is 2.80. The number of nitrogens with one attached hydrogen (secondary N) is 1. The van der Waals surface area contributed by atoms with E-state index in [0.29, 0.717) is 0 Å². The predicted octanol–water partition coefficient (Wildman–Crippen LogP) is 2.95. The highest BCUT2D eigenvalue weighted by Crippen LogP contribution is 2.23. The largest absolute Gasteiger partial charge is 0.370 e. The van der Waals surface area contributed by atoms with Crippen LogP contribution < -0.4 is 5.32 Å². The Bertz CT molecular complexity index is 147. The average Bonchev–Trinajstić information content (AvgIpc) is 2.45. The van der Waals surface area contributed by atoms with Crippen molar-refractivity contribution in [2.24, 2.45) is 0 Å². The summed E-state index contributed by atoms with van der Waals surface area (Å²) in [5.74, 6) is 0. The third-order valence-corrected chi connectivity index (χ3v) is 3.65. The summed E-state index contributed by atoms with van der Waals surface area (Å²) in [5.41, 5.74) is 0. The molecule has 0 aliphatic carbocycles. The van der Waals surface area contributed by atoms with Crippen LogP contribution in [0.3, 0.4) is 0 Å². The fourth-order valence-electron chi connectivity index (χ4n) is 1.39. The van der Waals surface area contributed by atoms with Crippen molar-refractivity contribution < 1.29 is 0 Å². The minimum atomic E-state index is 0.759. The van der Waals surface area contributed by atoms with E-state index in [-0.39, 0.29) is 0 Å². The lowest BCUT2D eigenvalue weighted by atomic mass is 10.1. The molecule has 0 aromatic carbocycles. The smallest absolute Gasteiger partial charge is 0.134 e. The van der Waals surface area contributed by atoms with Gasteiger partial charge < -0.3 is 5.32 Å². The van der Waals surface area contributed by atoms with E-state index in [4.69, 9.17) is 12.2 Å². The molecule has 12 heavy (non-hydrogen) atoms. The second-order valence-corrected chi connectivity index (χ2v) is 5.23. The standard InChI is InChI=1S/C9H17NS2/c1-2-3-4-5-6-8-7-10-9(11)12-8/h8H,2-7H2,1H3,(H,10,11). The second-order valence-electron chi connectivity index (χ2n) is 3.26. The molecule has 3 heteroatoms. The number of unbranched alkanes of at least 4 members (excludes halogenated alkanes) is 3. The van der Waals surface area contributed by atoms with Crippen LogP contribution in [0.2, 0.25) is 0 Å². The first-order valence-electron chi connectivity index (χ1n) is 4.77. The van der Waals surface area contributed by atoms with E-state index in [1.165, 1.54) is 32.1 Å². The van der Waals surface area contributed by atoms with E-state index < -0.39 is 0 Å². The summed E-state index contributed by atoms with van der Waals surface area (Å²) in [4.78, 5) is 0. The zero-order valence-corrected chi connectivity index (χ0v) is 9.27. The molecule has 0 saturated carbocycles. The monoisotopic (exact) mass is 203 g/mol. The van der Waals surface area contributed by atoms with Gasteiger partial charge in [-0.2, -0.15) is 0 Å². The van der Waals surface area contributed by atoms with Gasteiger partial charge in [-0.05, 0) is 6.42 Å². The minimum absolute atomic E-state index is 0.759. The first-order valence-corrected chi connectivity index (χ1v) is 6.06. The number of hydrogen-bond donors (Lipinski definition) is 1. The molecule has 0 radical (unpaired) electrons. The Morgan fingerprint density at radius 1 is 1.50 bits per heavy atom. The molecule has 0 bridgehead atoms. The van der Waals surface area contributed by atoms with Crippen LogP contribution >= 0.6 is 24.0 Å². The summed E-state index contributed by atoms with van der Waals surface area (Å²) >= 11 is 6.89. The lowest BCUT2D eigenvalue weighted by molar-refractivity contribution is 0.617. The predicted molar refractivity (Wildman–Crippen MR) is 60.7 cm³/mol. The maximum Gasteiger partial charge on any atom is 0.134 e. The molecule has 1 heterocycles. The van der Waals surface area contributed by atoms with E-state index >= 15 is 0 Å². The highest BCUT2D eigenvalue weighted by molar-refractivity contribution is 8.23. The summed E-state index contributed by atoms with van der Waals surface area (Å²) in [6, 6.07) is 0. The van der Waals surface area contributed by atoms with Crippen LogP contribution in [-0.4, -0.2) is 16.1 Å². The number of rotatable bonds is 5. The maximum atomic E-state index is 5.05. The van der Waals surface area contributed by atoms with Crippen LogP contribution in [-0.2, 0) is 0 Å². The van der Waals surface area contributed by atoms with E-state index in [0.717, 1.165) is 16.1 Å². The van der Waals surface area contributed by atoms with Crippen molar-refractivity contribution in [1.29, 1.82) is 0 Å². The molecule has 1 saturated heterocycles. The molecule has 0 amide bonds. The van der Waals surface area contributed by atoms with Gasteiger partial charge in [-0.15, -0.1) is 0 Å². The van der Waals surface area contributed by atoms with Crippen LogP contribution in [0.1, 0.15) is 39.0 Å². The maximum absolute atomic E-state index is 5.05. The molecular formula is C9H17NS2. The number of thiocarbonyl (C=S) groups is 1. The molecule has 1 atom stereocenters. The Morgan fingerprint density at radius 3 is 2.92 bits per heavy atom. The molecule has 1 fully saturated rings. The first kappa shape index (κ1) is 10.3. The van der Waals surface area contributed by atoms with Crippen LogP contribution in [0.15, 0.2) is 0 Å². The van der Waals surface area contributed by atoms with Crippen molar-refractivity contribution >= 4 is 28.3 Å². The van der Waals surface area contributed by atoms with Crippen molar-refractivity contribution in [3.05, 3.63) is 0 Å². The number of hydrogen-bond acceptors (Lipinski definition) is 2. The minimum Gasteiger partial charge on any atom is -0.370 e. The van der Waals surface area contributed by atoms with Gasteiger partial charge in [0, 0.05) is 11.8 Å². The van der Waals surface area contributed by atoms with Gasteiger partial charge in [0.25, 0.3) is 0 Å². The third kappa shape index (κ3) is 3.76. The van der Waals surface area contributed by atoms with Crippen molar-refractivity contribution in [1.82, 2.24) is 5.32 Å². The SMILES string of the molecule is CCCCCCC1CNC(=S)S1. The molecule has 1 aliphatic rings. The molecule has 1 nitrogen and oxygen atoms in total. The summed E-state index contributed by atoms with van der Waals surface area (Å²) in [5, 5.41) is 3.96. The fraction of sp³-hybridized carbons (Fsp3) is 0.889. The van der Waals surface area contributed by atoms with Gasteiger partial charge in [0.05, 0.1) is 0 Å². The molecule has 1 N–H and O–H groups in total. The second kappa shape index (κ2) is 5.81. The Balaban J connectivity index is 1.97. The summed E-state index contributed by atoms with van der Waals surface area (Å²) in [6.07, 6.45) is 6.80. The molecule has 0 aromatic heterocycles. The Morgan fingerprint density at radius 2 is 2.33 bits per heavy atom. The van der Waals surface area contributed by atoms with Gasteiger partial charge in [-0.1, -0.05) is 56.6 Å². The summed E-state index contributed by atoms with van der Waals surface area (Å²) < 4.78 is 0.996. The molecule has 0 spiro atoms. The zero-order chi connectivity index (χ0) is 8.81. The zero-order valence-electron chi connectivity index (χ0n) is 7.64. The van der Waals surface area contributed by atoms with E-state index in [2.05, 4.69) is 12.2 Å². The Labute approximate surface area is 84.7 Å². The average molecular weight is 203 g/mol. The van der Waals surface area contributed by atoms with Gasteiger partial charge in [-0.3, -0.25) is 0 Å². The molecule has 0 aromatic rings. The molecule has 1 aliphatic heterocycles. The van der Waals surface area contributed by atoms with Crippen LogP contribution in [0, 0.1) is 0 Å². The quantitative estimate of drug-likeness (QED) is 0.545. The van der Waals surface area contributed by atoms with Crippen molar-refractivity contribution in [3.8, 4) is 0 Å². The highest BCUT2D eigenvalue weighted by atomic mass is 32.2. The molecule has 70 valence electrons. The third-order valence-electron chi connectivity index (χ3n) is 2.13. The van der Waals surface area contributed by atoms with Gasteiger partial charge in [-0.25, -0.2) is 0 Å². The Hall–Kier alpha value is 0.240. The number of thioether (sulfide) groups is 1. The molecule has 1 unspecified atom stereocenters. The highest BCUT2D eigenvalue weighted by Gasteiger charge is 2.18. The summed E-state index contributed by atoms with van der Waals surface area (Å²) in [7, 11) is 0. The van der Waals surface area contributed by atoms with Crippen molar-refractivity contribution in [2.45, 2.75) is 44.3 Å². The van der Waals surface area contributed by atoms with Crippen molar-refractivity contribution in [2.75, 3.05) is 6.54 Å². The lowest BCUT2D eigenvalue weighted by Gasteiger charge is -2.04. The topological polar surface area (TPSA) is 12.0 Å². The lowest BCUT2D eigenvalue weighted by Crippen LogP contribution is -2.14. The first-order chi connectivity index (χ1) is 5.83. The van der Waals surface area contributed by atoms with Gasteiger partial charge >= 0.3 is 0 Å². The van der Waals surface area contributed by atoms with E-state index in [1.54, 1.807) is 0 Å². The van der Waals surface area contributed by atoms with Crippen molar-refractivity contribution in [3.63, 3.8) is 0 Å². The molecular weight excluding hydrogens is 186 g/mol. The van der Waals surface area contributed by atoms with Gasteiger partial charge in [0.1, 0.15) is 4.32 Å². The normalized spacial score (nSPS) is 22.8. The van der Waals surface area contributed by atoms with Gasteiger partial charge in [0.2, 0.25) is 0 Å². The summed E-state index contributed by atoms with van der Waals surface area (Å²) in [6.45, 7) is 3.34. The van der Waals surface area contributed by atoms with E-state index in [1.807, 2.05) is 11.8 Å². The van der Waals surface area contributed by atoms with E-state index in [9.17, 15) is 0 Å². The van der Waals surface area contributed by atoms with Crippen LogP contribution in [0.25, 0.3) is 0 Å².